The van der Waals surface area contributed by atoms with Gasteiger partial charge in [-0.05, 0) is 6.07 Å². The molecule has 0 fully saturated rings. The highest BCUT2D eigenvalue weighted by atomic mass is 16.6. The van der Waals surface area contributed by atoms with E-state index in [4.69, 9.17) is 9.15 Å². The third-order valence-corrected chi connectivity index (χ3v) is 3.94. The lowest BCUT2D eigenvalue weighted by Gasteiger charge is -2.25. The van der Waals surface area contributed by atoms with Crippen LogP contribution in [0, 0.1) is 0 Å². The third kappa shape index (κ3) is 2.42. The number of cyclic esters (lactones) is 1. The fourth-order valence-electron chi connectivity index (χ4n) is 2.75. The number of phenols is 2. The number of phenolic OH excluding ortho intramolecular Hbond substituents is 2. The van der Waals surface area contributed by atoms with Crippen LogP contribution in [0.3, 0.4) is 0 Å². The van der Waals surface area contributed by atoms with E-state index in [1.54, 1.807) is 0 Å². The smallest absolute Gasteiger partial charge is 0.352 e. The maximum Gasteiger partial charge on any atom is 0.352 e. The van der Waals surface area contributed by atoms with Crippen molar-refractivity contribution in [2.45, 2.75) is 12.5 Å². The lowest BCUT2D eigenvalue weighted by molar-refractivity contribution is -0.151. The Labute approximate surface area is 144 Å². The van der Waals surface area contributed by atoms with Crippen molar-refractivity contribution in [3.05, 3.63) is 33.2 Å². The van der Waals surface area contributed by atoms with Crippen molar-refractivity contribution in [1.82, 2.24) is 0 Å². The molecule has 1 aromatic heterocycles. The van der Waals surface area contributed by atoms with Crippen LogP contribution < -0.4 is 5.63 Å². The second kappa shape index (κ2) is 6.06. The van der Waals surface area contributed by atoms with Crippen LogP contribution in [-0.4, -0.2) is 42.3 Å². The number of rotatable bonds is 3. The summed E-state index contributed by atoms with van der Waals surface area (Å²) in [6, 6.07) is 0.902. The van der Waals surface area contributed by atoms with Gasteiger partial charge in [-0.3, -0.25) is 4.79 Å². The Bertz CT molecular complexity index is 1020. The Hall–Kier alpha value is -3.56. The average molecular weight is 364 g/mol. The molecule has 10 nitrogen and oxygen atoms in total. The van der Waals surface area contributed by atoms with Crippen LogP contribution in [0.15, 0.2) is 15.3 Å². The van der Waals surface area contributed by atoms with Gasteiger partial charge in [0.2, 0.25) is 11.9 Å². The van der Waals surface area contributed by atoms with Gasteiger partial charge in [0.25, 0.3) is 0 Å². The van der Waals surface area contributed by atoms with Crippen LogP contribution in [0.5, 0.6) is 11.5 Å². The van der Waals surface area contributed by atoms with Crippen LogP contribution in [0.1, 0.15) is 27.6 Å². The molecule has 1 aliphatic rings. The zero-order valence-corrected chi connectivity index (χ0v) is 13.5. The van der Waals surface area contributed by atoms with Crippen LogP contribution in [0.25, 0.3) is 11.0 Å². The average Bonchev–Trinajstić information content (AvgIpc) is 2.62. The highest BCUT2D eigenvalue weighted by molar-refractivity contribution is 6.11. The van der Waals surface area contributed by atoms with E-state index < -0.39 is 53.1 Å². The number of esters is 3. The van der Waals surface area contributed by atoms with E-state index in [0.29, 0.717) is 0 Å². The van der Waals surface area contributed by atoms with Gasteiger partial charge in [0, 0.05) is 10.9 Å². The predicted octanol–water partition coefficient (Wildman–Crippen LogP) is 0.304. The molecule has 2 aromatic rings. The molecule has 26 heavy (non-hydrogen) atoms. The van der Waals surface area contributed by atoms with E-state index in [9.17, 15) is 29.4 Å². The van der Waals surface area contributed by atoms with Crippen LogP contribution in [0.2, 0.25) is 0 Å². The normalized spacial score (nSPS) is 15.5. The Kier molecular flexibility index (Phi) is 4.03. The minimum Gasteiger partial charge on any atom is -0.504 e. The van der Waals surface area contributed by atoms with Gasteiger partial charge in [-0.1, -0.05) is 0 Å². The number of carbonyl (C=O) groups excluding carboxylic acids is 3. The Morgan fingerprint density at radius 1 is 1.19 bits per heavy atom. The topological polar surface area (TPSA) is 150 Å². The van der Waals surface area contributed by atoms with E-state index in [1.165, 1.54) is 0 Å². The van der Waals surface area contributed by atoms with Gasteiger partial charge in [-0.2, -0.15) is 0 Å². The summed E-state index contributed by atoms with van der Waals surface area (Å²) in [5.41, 5.74) is -2.30. The van der Waals surface area contributed by atoms with Crippen molar-refractivity contribution >= 4 is 28.9 Å². The first kappa shape index (κ1) is 17.3. The number of carbonyl (C=O) groups is 3. The van der Waals surface area contributed by atoms with Gasteiger partial charge in [0.15, 0.2) is 11.3 Å². The van der Waals surface area contributed by atoms with E-state index in [-0.39, 0.29) is 22.1 Å². The molecular formula is C16H12O10. The summed E-state index contributed by atoms with van der Waals surface area (Å²) in [6.45, 7) is 0. The molecule has 1 aromatic carbocycles. The molecule has 0 saturated carbocycles. The first-order chi connectivity index (χ1) is 12.3. The first-order valence-electron chi connectivity index (χ1n) is 7.20. The molecule has 2 N–H and O–H groups in total. The monoisotopic (exact) mass is 364 g/mol. The maximum atomic E-state index is 12.3. The molecule has 0 radical (unpaired) electrons. The van der Waals surface area contributed by atoms with Crippen molar-refractivity contribution in [3.63, 3.8) is 0 Å². The molecule has 10 heteroatoms. The molecule has 0 unspecified atom stereocenters. The second-order valence-corrected chi connectivity index (χ2v) is 5.34. The number of benzene rings is 1. The molecule has 1 aliphatic heterocycles. The van der Waals surface area contributed by atoms with Crippen LogP contribution >= 0.6 is 0 Å². The lowest BCUT2D eigenvalue weighted by Crippen LogP contribution is -2.30. The fourth-order valence-corrected chi connectivity index (χ4v) is 2.75. The maximum absolute atomic E-state index is 12.3. The molecule has 3 rings (SSSR count). The number of ether oxygens (including phenoxy) is 3. The Balaban J connectivity index is 2.48. The molecule has 0 bridgehead atoms. The number of hydrogen-bond donors (Lipinski definition) is 2. The van der Waals surface area contributed by atoms with Crippen molar-refractivity contribution < 1.29 is 43.2 Å². The van der Waals surface area contributed by atoms with Gasteiger partial charge in [-0.15, -0.1) is 0 Å². The standard InChI is InChI=1S/C16H12O10/c1-23-8(18)4-6-10-9-5(14(20)26-13(10)16(22)24-2)3-7(17)11(19)12(9)25-15(6)21/h3,13,17,19H,4H2,1-2H3/t13-/m0/s1. The zero-order chi connectivity index (χ0) is 19.2. The van der Waals surface area contributed by atoms with E-state index in [2.05, 4.69) is 9.47 Å². The zero-order valence-electron chi connectivity index (χ0n) is 13.5. The van der Waals surface area contributed by atoms with Gasteiger partial charge in [0.05, 0.1) is 31.8 Å². The molecule has 2 heterocycles. The van der Waals surface area contributed by atoms with Gasteiger partial charge in [-0.25, -0.2) is 14.4 Å². The summed E-state index contributed by atoms with van der Waals surface area (Å²) in [6.07, 6.45) is -2.23. The molecule has 0 aliphatic carbocycles. The summed E-state index contributed by atoms with van der Waals surface area (Å²) < 4.78 is 19.1. The minimum atomic E-state index is -1.66. The Morgan fingerprint density at radius 2 is 1.88 bits per heavy atom. The van der Waals surface area contributed by atoms with Crippen molar-refractivity contribution in [2.24, 2.45) is 0 Å². The number of aromatic hydroxyl groups is 2. The summed E-state index contributed by atoms with van der Waals surface area (Å²) in [5.74, 6) is -4.35. The minimum absolute atomic E-state index is 0.134. The third-order valence-electron chi connectivity index (χ3n) is 3.94. The first-order valence-corrected chi connectivity index (χ1v) is 7.20. The molecule has 136 valence electrons. The predicted molar refractivity (Wildman–Crippen MR) is 81.7 cm³/mol. The van der Waals surface area contributed by atoms with Crippen molar-refractivity contribution in [3.8, 4) is 11.5 Å². The fraction of sp³-hybridized carbons (Fsp3) is 0.250. The Morgan fingerprint density at radius 3 is 2.50 bits per heavy atom. The van der Waals surface area contributed by atoms with E-state index >= 15 is 0 Å². The number of hydrogen-bond acceptors (Lipinski definition) is 10. The van der Waals surface area contributed by atoms with E-state index in [1.807, 2.05) is 0 Å². The largest absolute Gasteiger partial charge is 0.504 e. The van der Waals surface area contributed by atoms with Gasteiger partial charge < -0.3 is 28.8 Å². The molecule has 1 atom stereocenters. The summed E-state index contributed by atoms with van der Waals surface area (Å²) in [5, 5.41) is 19.6. The van der Waals surface area contributed by atoms with Crippen LogP contribution in [0.4, 0.5) is 0 Å². The molecule has 0 saturated heterocycles. The van der Waals surface area contributed by atoms with Gasteiger partial charge >= 0.3 is 23.5 Å². The second-order valence-electron chi connectivity index (χ2n) is 5.34. The highest BCUT2D eigenvalue weighted by Gasteiger charge is 2.40. The van der Waals surface area contributed by atoms with Crippen molar-refractivity contribution in [1.29, 1.82) is 0 Å². The molecule has 0 spiro atoms. The molecular weight excluding hydrogens is 352 g/mol. The summed E-state index contributed by atoms with van der Waals surface area (Å²) in [7, 11) is 2.15. The van der Waals surface area contributed by atoms with Crippen LogP contribution in [-0.2, 0) is 30.2 Å². The highest BCUT2D eigenvalue weighted by Crippen LogP contribution is 2.43. The quantitative estimate of drug-likeness (QED) is 0.337. The number of methoxy groups -OCH3 is 2. The lowest BCUT2D eigenvalue weighted by atomic mass is 9.91. The SMILES string of the molecule is COC(=O)Cc1c2c3c(cc(O)c(O)c3oc1=O)C(=O)O[C@@H]2C(=O)OC. The molecule has 0 amide bonds. The summed E-state index contributed by atoms with van der Waals surface area (Å²) >= 11 is 0. The van der Waals surface area contributed by atoms with Crippen molar-refractivity contribution in [2.75, 3.05) is 14.2 Å². The summed E-state index contributed by atoms with van der Waals surface area (Å²) in [4.78, 5) is 48.3. The van der Waals surface area contributed by atoms with E-state index in [0.717, 1.165) is 20.3 Å². The van der Waals surface area contributed by atoms with Gasteiger partial charge in [0.1, 0.15) is 0 Å².